The van der Waals surface area contributed by atoms with Crippen LogP contribution in [0.4, 0.5) is 5.82 Å². The van der Waals surface area contributed by atoms with Crippen LogP contribution < -0.4 is 5.73 Å². The fraction of sp³-hybridized carbons (Fsp3) is 0.357. The summed E-state index contributed by atoms with van der Waals surface area (Å²) in [6.07, 6.45) is 1.89. The van der Waals surface area contributed by atoms with Gasteiger partial charge in [-0.1, -0.05) is 37.3 Å². The quantitative estimate of drug-likeness (QED) is 0.876. The van der Waals surface area contributed by atoms with Gasteiger partial charge in [-0.2, -0.15) is 0 Å². The standard InChI is InChI=1S/C14H19N3/c1-3-9-17-11(2)16-13(14(17)15)10-12-7-5-4-6-8-12/h4-8H,3,9-10,15H2,1-2H3. The molecule has 0 bridgehead atoms. The maximum atomic E-state index is 6.14. The van der Waals surface area contributed by atoms with Crippen LogP contribution in [0, 0.1) is 6.92 Å². The van der Waals surface area contributed by atoms with Gasteiger partial charge in [-0.25, -0.2) is 4.98 Å². The zero-order valence-corrected chi connectivity index (χ0v) is 10.5. The van der Waals surface area contributed by atoms with Crippen molar-refractivity contribution in [1.82, 2.24) is 9.55 Å². The first kappa shape index (κ1) is 11.7. The van der Waals surface area contributed by atoms with E-state index >= 15 is 0 Å². The number of imidazole rings is 1. The van der Waals surface area contributed by atoms with Crippen LogP contribution in [-0.2, 0) is 13.0 Å². The van der Waals surface area contributed by atoms with Gasteiger partial charge in [0.2, 0.25) is 0 Å². The van der Waals surface area contributed by atoms with E-state index in [9.17, 15) is 0 Å². The fourth-order valence-corrected chi connectivity index (χ4v) is 2.07. The molecule has 0 unspecified atom stereocenters. The topological polar surface area (TPSA) is 43.8 Å². The number of nitrogen functional groups attached to an aromatic ring is 1. The predicted molar refractivity (Wildman–Crippen MR) is 70.9 cm³/mol. The summed E-state index contributed by atoms with van der Waals surface area (Å²) in [5.41, 5.74) is 8.38. The van der Waals surface area contributed by atoms with Gasteiger partial charge in [0.25, 0.3) is 0 Å². The Kier molecular flexibility index (Phi) is 3.47. The van der Waals surface area contributed by atoms with Crippen molar-refractivity contribution >= 4 is 5.82 Å². The lowest BCUT2D eigenvalue weighted by molar-refractivity contribution is 0.665. The number of aryl methyl sites for hydroxylation is 1. The molecule has 0 aliphatic rings. The maximum Gasteiger partial charge on any atom is 0.127 e. The van der Waals surface area contributed by atoms with Gasteiger partial charge in [0.15, 0.2) is 0 Å². The minimum Gasteiger partial charge on any atom is -0.384 e. The summed E-state index contributed by atoms with van der Waals surface area (Å²) >= 11 is 0. The minimum atomic E-state index is 0.810. The summed E-state index contributed by atoms with van der Waals surface area (Å²) in [5, 5.41) is 0. The molecule has 2 rings (SSSR count). The molecule has 90 valence electrons. The zero-order chi connectivity index (χ0) is 12.3. The van der Waals surface area contributed by atoms with Crippen LogP contribution >= 0.6 is 0 Å². The lowest BCUT2D eigenvalue weighted by Crippen LogP contribution is -2.05. The van der Waals surface area contributed by atoms with Crippen molar-refractivity contribution in [2.75, 3.05) is 5.73 Å². The molecule has 3 nitrogen and oxygen atoms in total. The molecule has 0 fully saturated rings. The number of hydrogen-bond donors (Lipinski definition) is 1. The molecule has 0 radical (unpaired) electrons. The van der Waals surface area contributed by atoms with E-state index in [1.54, 1.807) is 0 Å². The molecule has 2 N–H and O–H groups in total. The van der Waals surface area contributed by atoms with Gasteiger partial charge in [0, 0.05) is 13.0 Å². The summed E-state index contributed by atoms with van der Waals surface area (Å²) in [6.45, 7) is 5.11. The molecule has 0 atom stereocenters. The second-order valence-electron chi connectivity index (χ2n) is 4.30. The number of rotatable bonds is 4. The number of nitrogens with two attached hydrogens (primary N) is 1. The highest BCUT2D eigenvalue weighted by Gasteiger charge is 2.11. The first-order valence-electron chi connectivity index (χ1n) is 6.07. The average molecular weight is 229 g/mol. The Labute approximate surface area is 102 Å². The van der Waals surface area contributed by atoms with Crippen LogP contribution in [-0.4, -0.2) is 9.55 Å². The molecular weight excluding hydrogens is 210 g/mol. The van der Waals surface area contributed by atoms with Crippen LogP contribution in [0.3, 0.4) is 0 Å². The molecular formula is C14H19N3. The third kappa shape index (κ3) is 2.49. The SMILES string of the molecule is CCCn1c(C)nc(Cc2ccccc2)c1N. The molecule has 1 aromatic carbocycles. The van der Waals surface area contributed by atoms with Crippen molar-refractivity contribution in [2.45, 2.75) is 33.2 Å². The van der Waals surface area contributed by atoms with Gasteiger partial charge in [0.05, 0.1) is 5.69 Å². The summed E-state index contributed by atoms with van der Waals surface area (Å²) in [5.74, 6) is 1.82. The highest BCUT2D eigenvalue weighted by atomic mass is 15.1. The second-order valence-corrected chi connectivity index (χ2v) is 4.30. The Bertz CT molecular complexity index is 486. The van der Waals surface area contributed by atoms with Crippen molar-refractivity contribution in [3.05, 3.63) is 47.4 Å². The van der Waals surface area contributed by atoms with Crippen molar-refractivity contribution in [1.29, 1.82) is 0 Å². The Morgan fingerprint density at radius 3 is 2.59 bits per heavy atom. The number of nitrogens with zero attached hydrogens (tertiary/aromatic N) is 2. The lowest BCUT2D eigenvalue weighted by atomic mass is 10.1. The lowest BCUT2D eigenvalue weighted by Gasteiger charge is -2.05. The molecule has 2 aromatic rings. The van der Waals surface area contributed by atoms with Gasteiger partial charge in [0.1, 0.15) is 11.6 Å². The Morgan fingerprint density at radius 2 is 1.94 bits per heavy atom. The first-order chi connectivity index (χ1) is 8.22. The number of benzene rings is 1. The van der Waals surface area contributed by atoms with Crippen molar-refractivity contribution < 1.29 is 0 Å². The van der Waals surface area contributed by atoms with E-state index in [0.717, 1.165) is 36.7 Å². The summed E-state index contributed by atoms with van der Waals surface area (Å²) < 4.78 is 2.10. The van der Waals surface area contributed by atoms with Crippen LogP contribution in [0.25, 0.3) is 0 Å². The third-order valence-electron chi connectivity index (χ3n) is 2.94. The third-order valence-corrected chi connectivity index (χ3v) is 2.94. The highest BCUT2D eigenvalue weighted by Crippen LogP contribution is 2.18. The molecule has 0 spiro atoms. The smallest absolute Gasteiger partial charge is 0.127 e. The van der Waals surface area contributed by atoms with E-state index in [1.165, 1.54) is 5.56 Å². The van der Waals surface area contributed by atoms with Crippen LogP contribution in [0.5, 0.6) is 0 Å². The fourth-order valence-electron chi connectivity index (χ4n) is 2.07. The highest BCUT2D eigenvalue weighted by molar-refractivity contribution is 5.41. The van der Waals surface area contributed by atoms with Crippen molar-refractivity contribution in [2.24, 2.45) is 0 Å². The monoisotopic (exact) mass is 229 g/mol. The molecule has 1 heterocycles. The maximum absolute atomic E-state index is 6.14. The van der Waals surface area contributed by atoms with Crippen LogP contribution in [0.2, 0.25) is 0 Å². The van der Waals surface area contributed by atoms with E-state index in [-0.39, 0.29) is 0 Å². The largest absolute Gasteiger partial charge is 0.384 e. The minimum absolute atomic E-state index is 0.810. The molecule has 0 saturated heterocycles. The summed E-state index contributed by atoms with van der Waals surface area (Å²) in [7, 11) is 0. The molecule has 3 heteroatoms. The molecule has 17 heavy (non-hydrogen) atoms. The molecule has 1 aromatic heterocycles. The van der Waals surface area contributed by atoms with Crippen LogP contribution in [0.1, 0.15) is 30.4 Å². The van der Waals surface area contributed by atoms with Gasteiger partial charge < -0.3 is 10.3 Å². The van der Waals surface area contributed by atoms with Gasteiger partial charge in [-0.3, -0.25) is 0 Å². The van der Waals surface area contributed by atoms with E-state index in [4.69, 9.17) is 5.73 Å². The van der Waals surface area contributed by atoms with E-state index in [1.807, 2.05) is 25.1 Å². The van der Waals surface area contributed by atoms with Crippen LogP contribution in [0.15, 0.2) is 30.3 Å². The van der Waals surface area contributed by atoms with Gasteiger partial charge in [-0.15, -0.1) is 0 Å². The number of anilines is 1. The second kappa shape index (κ2) is 5.04. The van der Waals surface area contributed by atoms with Gasteiger partial charge in [-0.05, 0) is 18.9 Å². The van der Waals surface area contributed by atoms with Crippen molar-refractivity contribution in [3.63, 3.8) is 0 Å². The average Bonchev–Trinajstić information content (AvgIpc) is 2.59. The van der Waals surface area contributed by atoms with E-state index < -0.39 is 0 Å². The van der Waals surface area contributed by atoms with Gasteiger partial charge >= 0.3 is 0 Å². The Morgan fingerprint density at radius 1 is 1.24 bits per heavy atom. The van der Waals surface area contributed by atoms with E-state index in [0.29, 0.717) is 0 Å². The molecule has 0 aliphatic heterocycles. The van der Waals surface area contributed by atoms with E-state index in [2.05, 4.69) is 28.6 Å². The number of aromatic nitrogens is 2. The Balaban J connectivity index is 2.25. The van der Waals surface area contributed by atoms with Crippen molar-refractivity contribution in [3.8, 4) is 0 Å². The molecule has 0 aliphatic carbocycles. The first-order valence-corrected chi connectivity index (χ1v) is 6.07. The molecule has 0 amide bonds. The summed E-state index contributed by atoms with van der Waals surface area (Å²) in [4.78, 5) is 4.56. The summed E-state index contributed by atoms with van der Waals surface area (Å²) in [6, 6.07) is 10.3. The Hall–Kier alpha value is -1.77. The number of hydrogen-bond acceptors (Lipinski definition) is 2. The predicted octanol–water partition coefficient (Wildman–Crippen LogP) is 2.77. The zero-order valence-electron chi connectivity index (χ0n) is 10.5. The normalized spacial score (nSPS) is 10.7. The molecule has 0 saturated carbocycles.